The van der Waals surface area contributed by atoms with Crippen molar-refractivity contribution in [2.75, 3.05) is 0 Å². The van der Waals surface area contributed by atoms with Gasteiger partial charge in [-0.25, -0.2) is 0 Å². The van der Waals surface area contributed by atoms with E-state index in [4.69, 9.17) is 4.42 Å². The molecule has 0 atom stereocenters. The normalized spacial score (nSPS) is 13.4. The summed E-state index contributed by atoms with van der Waals surface area (Å²) in [6.07, 6.45) is -2.89. The van der Waals surface area contributed by atoms with Gasteiger partial charge >= 0.3 is 6.18 Å². The number of fused-ring (bicyclic) bond motifs is 3. The molecule has 1 aliphatic rings. The Bertz CT molecular complexity index is 2050. The van der Waals surface area contributed by atoms with Crippen LogP contribution in [0.4, 0.5) is 13.2 Å². The Hall–Kier alpha value is -5.24. The van der Waals surface area contributed by atoms with Crippen LogP contribution in [0, 0.1) is 13.8 Å². The van der Waals surface area contributed by atoms with E-state index in [0.717, 1.165) is 39.7 Å². The lowest BCUT2D eigenvalue weighted by Crippen LogP contribution is -2.05. The molecule has 42 heavy (non-hydrogen) atoms. The Morgan fingerprint density at radius 2 is 1.38 bits per heavy atom. The number of aryl methyl sites for hydroxylation is 2. The lowest BCUT2D eigenvalue weighted by atomic mass is 10.0. The average Bonchev–Trinajstić information content (AvgIpc) is 3.59. The number of hydrogen-bond donors (Lipinski definition) is 0. The summed E-state index contributed by atoms with van der Waals surface area (Å²) in [5.41, 5.74) is 4.31. The van der Waals surface area contributed by atoms with Crippen molar-refractivity contribution >= 4 is 39.6 Å². The molecule has 5 nitrogen and oxygen atoms in total. The molecule has 2 heterocycles. The highest BCUT2D eigenvalue weighted by molar-refractivity contribution is 6.42. The number of ketones is 2. The lowest BCUT2D eigenvalue weighted by molar-refractivity contribution is -0.137. The third-order valence-electron chi connectivity index (χ3n) is 7.66. The van der Waals surface area contributed by atoms with Crippen molar-refractivity contribution in [3.05, 3.63) is 124 Å². The van der Waals surface area contributed by atoms with Crippen LogP contribution in [0.2, 0.25) is 0 Å². The summed E-state index contributed by atoms with van der Waals surface area (Å²) in [6.45, 7) is 3.88. The molecule has 7 rings (SSSR count). The fourth-order valence-corrected chi connectivity index (χ4v) is 5.61. The number of rotatable bonds is 3. The maximum Gasteiger partial charge on any atom is 0.416 e. The molecule has 8 heteroatoms. The van der Waals surface area contributed by atoms with Gasteiger partial charge in [0, 0.05) is 22.8 Å². The van der Waals surface area contributed by atoms with Gasteiger partial charge < -0.3 is 4.42 Å². The molecule has 0 amide bonds. The number of para-hydroxylation sites is 1. The van der Waals surface area contributed by atoms with Gasteiger partial charge in [0.05, 0.1) is 22.5 Å². The number of halogens is 3. The number of benzene rings is 4. The molecule has 0 aliphatic heterocycles. The summed E-state index contributed by atoms with van der Waals surface area (Å²) in [6, 6.07) is 23.2. The van der Waals surface area contributed by atoms with Crippen LogP contribution in [0.3, 0.4) is 0 Å². The van der Waals surface area contributed by atoms with Crippen molar-refractivity contribution in [3.8, 4) is 17.1 Å². The summed E-state index contributed by atoms with van der Waals surface area (Å²) in [7, 11) is 0. The second-order valence-corrected chi connectivity index (χ2v) is 10.4. The van der Waals surface area contributed by atoms with Gasteiger partial charge in [-0.05, 0) is 78.2 Å². The first-order valence-corrected chi connectivity index (χ1v) is 13.2. The van der Waals surface area contributed by atoms with E-state index in [0.29, 0.717) is 33.6 Å². The van der Waals surface area contributed by atoms with Crippen LogP contribution in [0.5, 0.6) is 0 Å². The molecule has 0 saturated carbocycles. The maximum absolute atomic E-state index is 13.5. The number of carbonyl (C=O) groups excluding carboxylic acids is 2. The first-order chi connectivity index (χ1) is 20.1. The SMILES string of the molecule is Cc1cccc(C)c1-n1c(C=C2C(=O)c3cc4ccccc4cc3C2=O)cc2oc(-c3ccc(C(F)(F)F)cc3)nc21. The van der Waals surface area contributed by atoms with E-state index in [2.05, 4.69) is 4.98 Å². The molecule has 0 fully saturated rings. The summed E-state index contributed by atoms with van der Waals surface area (Å²) < 4.78 is 47.1. The molecule has 1 aliphatic carbocycles. The number of allylic oxidation sites excluding steroid dienone is 1. The largest absolute Gasteiger partial charge is 0.434 e. The molecule has 2 aromatic heterocycles. The minimum Gasteiger partial charge on any atom is -0.434 e. The zero-order valence-electron chi connectivity index (χ0n) is 22.4. The number of nitrogens with zero attached hydrogens (tertiary/aromatic N) is 2. The summed E-state index contributed by atoms with van der Waals surface area (Å²) >= 11 is 0. The summed E-state index contributed by atoms with van der Waals surface area (Å²) in [4.78, 5) is 31.7. The molecule has 0 bridgehead atoms. The minimum atomic E-state index is -4.46. The quantitative estimate of drug-likeness (QED) is 0.160. The van der Waals surface area contributed by atoms with E-state index in [1.807, 2.05) is 60.9 Å². The van der Waals surface area contributed by atoms with Crippen LogP contribution < -0.4 is 0 Å². The number of carbonyl (C=O) groups is 2. The Kier molecular flexibility index (Phi) is 5.59. The van der Waals surface area contributed by atoms with E-state index in [1.54, 1.807) is 24.3 Å². The molecule has 0 spiro atoms. The van der Waals surface area contributed by atoms with Crippen LogP contribution in [0.25, 0.3) is 45.2 Å². The van der Waals surface area contributed by atoms with E-state index >= 15 is 0 Å². The maximum atomic E-state index is 13.5. The second-order valence-electron chi connectivity index (χ2n) is 10.4. The zero-order valence-corrected chi connectivity index (χ0v) is 22.4. The zero-order chi connectivity index (χ0) is 29.3. The predicted octanol–water partition coefficient (Wildman–Crippen LogP) is 8.54. The number of hydrogen-bond acceptors (Lipinski definition) is 4. The van der Waals surface area contributed by atoms with Crippen molar-refractivity contribution in [2.45, 2.75) is 20.0 Å². The summed E-state index contributed by atoms with van der Waals surface area (Å²) in [5, 5.41) is 1.74. The topological polar surface area (TPSA) is 65.1 Å². The van der Waals surface area contributed by atoms with E-state index in [9.17, 15) is 22.8 Å². The van der Waals surface area contributed by atoms with Gasteiger partial charge in [-0.3, -0.25) is 14.2 Å². The molecule has 0 radical (unpaired) electrons. The molecule has 4 aromatic carbocycles. The fraction of sp³-hybridized carbons (Fsp3) is 0.0882. The third kappa shape index (κ3) is 3.98. The third-order valence-corrected chi connectivity index (χ3v) is 7.66. The molecule has 206 valence electrons. The van der Waals surface area contributed by atoms with Gasteiger partial charge in [0.15, 0.2) is 22.8 Å². The Morgan fingerprint density at radius 1 is 0.786 bits per heavy atom. The van der Waals surface area contributed by atoms with Gasteiger partial charge in [0.25, 0.3) is 0 Å². The van der Waals surface area contributed by atoms with Gasteiger partial charge in [-0.15, -0.1) is 0 Å². The molecular weight excluding hydrogens is 541 g/mol. The highest BCUT2D eigenvalue weighted by Crippen LogP contribution is 2.37. The standard InChI is InChI=1S/C34H21F3N2O3/c1-18-6-5-7-19(2)29(18)39-24(16-27-30(40)25-14-21-8-3-4-9-22(21)15-26(25)31(27)41)17-28-32(39)38-33(42-28)20-10-12-23(13-11-20)34(35,36)37/h3-17H,1-2H3. The highest BCUT2D eigenvalue weighted by atomic mass is 19.4. The molecule has 6 aromatic rings. The van der Waals surface area contributed by atoms with E-state index in [-0.39, 0.29) is 23.0 Å². The number of aromatic nitrogens is 2. The average molecular weight is 563 g/mol. The molecule has 0 unspecified atom stereocenters. The minimum absolute atomic E-state index is 0.0379. The Labute approximate surface area is 237 Å². The number of alkyl halides is 3. The summed E-state index contributed by atoms with van der Waals surface area (Å²) in [5.74, 6) is -0.560. The number of Topliss-reactive ketones (excluding diaryl/α,β-unsaturated/α-hetero) is 2. The van der Waals surface area contributed by atoms with E-state index in [1.165, 1.54) is 12.1 Å². The van der Waals surface area contributed by atoms with Crippen LogP contribution in [0.15, 0.2) is 94.9 Å². The molecule has 0 N–H and O–H groups in total. The molecular formula is C34H21F3N2O3. The van der Waals surface area contributed by atoms with Crippen molar-refractivity contribution in [2.24, 2.45) is 0 Å². The Morgan fingerprint density at radius 3 is 1.95 bits per heavy atom. The monoisotopic (exact) mass is 562 g/mol. The fourth-order valence-electron chi connectivity index (χ4n) is 5.61. The van der Waals surface area contributed by atoms with Crippen molar-refractivity contribution < 1.29 is 27.2 Å². The Balaban J connectivity index is 1.39. The van der Waals surface area contributed by atoms with Crippen molar-refractivity contribution in [1.29, 1.82) is 0 Å². The van der Waals surface area contributed by atoms with Crippen LogP contribution in [0.1, 0.15) is 43.1 Å². The highest BCUT2D eigenvalue weighted by Gasteiger charge is 2.34. The van der Waals surface area contributed by atoms with Gasteiger partial charge in [0.2, 0.25) is 5.89 Å². The van der Waals surface area contributed by atoms with Crippen molar-refractivity contribution in [3.63, 3.8) is 0 Å². The van der Waals surface area contributed by atoms with Crippen LogP contribution in [-0.2, 0) is 6.18 Å². The lowest BCUT2D eigenvalue weighted by Gasteiger charge is -2.14. The van der Waals surface area contributed by atoms with Crippen LogP contribution >= 0.6 is 0 Å². The van der Waals surface area contributed by atoms with E-state index < -0.39 is 11.7 Å². The first-order valence-electron chi connectivity index (χ1n) is 13.2. The van der Waals surface area contributed by atoms with Gasteiger partial charge in [-0.1, -0.05) is 42.5 Å². The smallest absolute Gasteiger partial charge is 0.416 e. The van der Waals surface area contributed by atoms with Crippen molar-refractivity contribution in [1.82, 2.24) is 9.55 Å². The predicted molar refractivity (Wildman–Crippen MR) is 154 cm³/mol. The van der Waals surface area contributed by atoms with Crippen LogP contribution in [-0.4, -0.2) is 21.1 Å². The molecule has 0 saturated heterocycles. The second kappa shape index (κ2) is 9.14. The van der Waals surface area contributed by atoms with Gasteiger partial charge in [-0.2, -0.15) is 18.2 Å². The van der Waals surface area contributed by atoms with Gasteiger partial charge in [0.1, 0.15) is 0 Å². The first kappa shape index (κ1) is 25.7. The number of oxazole rings is 1.